The molecule has 17 heavy (non-hydrogen) atoms. The largest absolute Gasteiger partial charge is 0.398 e. The highest BCUT2D eigenvalue weighted by atomic mass is 16.5. The van der Waals surface area contributed by atoms with Gasteiger partial charge in [0.25, 0.3) is 0 Å². The maximum atomic E-state index is 12.0. The molecule has 0 atom stereocenters. The first-order valence-corrected chi connectivity index (χ1v) is 5.92. The normalized spacial score (nSPS) is 16.8. The zero-order chi connectivity index (χ0) is 12.3. The van der Waals surface area contributed by atoms with E-state index in [4.69, 9.17) is 10.5 Å². The Morgan fingerprint density at radius 3 is 2.82 bits per heavy atom. The van der Waals surface area contributed by atoms with Crippen LogP contribution in [0.5, 0.6) is 0 Å². The van der Waals surface area contributed by atoms with Gasteiger partial charge >= 0.3 is 0 Å². The summed E-state index contributed by atoms with van der Waals surface area (Å²) in [7, 11) is 0. The van der Waals surface area contributed by atoms with Crippen LogP contribution in [0, 0.1) is 12.8 Å². The van der Waals surface area contributed by atoms with Gasteiger partial charge in [0.2, 0.25) is 5.91 Å². The SMILES string of the molecule is Cc1c(N)cccc1NC(=O)C1CCOCC1. The summed E-state index contributed by atoms with van der Waals surface area (Å²) in [6.45, 7) is 3.26. The van der Waals surface area contributed by atoms with Crippen molar-refractivity contribution in [2.45, 2.75) is 19.8 Å². The van der Waals surface area contributed by atoms with E-state index in [1.54, 1.807) is 0 Å². The second-order valence-electron chi connectivity index (χ2n) is 4.40. The van der Waals surface area contributed by atoms with Crippen LogP contribution in [0.25, 0.3) is 0 Å². The summed E-state index contributed by atoms with van der Waals surface area (Å²) >= 11 is 0. The number of benzene rings is 1. The van der Waals surface area contributed by atoms with E-state index in [9.17, 15) is 4.79 Å². The predicted octanol–water partition coefficient (Wildman–Crippen LogP) is 1.94. The number of nitrogen functional groups attached to an aromatic ring is 1. The smallest absolute Gasteiger partial charge is 0.227 e. The van der Waals surface area contributed by atoms with Crippen molar-refractivity contribution in [3.8, 4) is 0 Å². The molecule has 1 fully saturated rings. The van der Waals surface area contributed by atoms with E-state index >= 15 is 0 Å². The summed E-state index contributed by atoms with van der Waals surface area (Å²) in [6, 6.07) is 5.56. The molecule has 2 rings (SSSR count). The van der Waals surface area contributed by atoms with Gasteiger partial charge in [-0.2, -0.15) is 0 Å². The molecule has 3 N–H and O–H groups in total. The number of anilines is 2. The van der Waals surface area contributed by atoms with Crippen LogP contribution in [0.15, 0.2) is 18.2 Å². The lowest BCUT2D eigenvalue weighted by atomic mass is 9.99. The monoisotopic (exact) mass is 234 g/mol. The average molecular weight is 234 g/mol. The van der Waals surface area contributed by atoms with Gasteiger partial charge in [-0.1, -0.05) is 6.07 Å². The molecule has 1 heterocycles. The molecule has 1 saturated heterocycles. The fourth-order valence-electron chi connectivity index (χ4n) is 1.98. The molecule has 0 aromatic heterocycles. The first kappa shape index (κ1) is 11.9. The lowest BCUT2D eigenvalue weighted by Gasteiger charge is -2.21. The van der Waals surface area contributed by atoms with Crippen molar-refractivity contribution in [3.05, 3.63) is 23.8 Å². The minimum atomic E-state index is 0.0598. The van der Waals surface area contributed by atoms with Gasteiger partial charge in [0.1, 0.15) is 0 Å². The molecule has 0 aliphatic carbocycles. The number of carbonyl (C=O) groups is 1. The first-order valence-electron chi connectivity index (χ1n) is 5.92. The summed E-state index contributed by atoms with van der Waals surface area (Å²) in [6.07, 6.45) is 1.60. The Hall–Kier alpha value is -1.55. The molecule has 0 saturated carbocycles. The van der Waals surface area contributed by atoms with Gasteiger partial charge in [0.05, 0.1) is 0 Å². The third-order valence-electron chi connectivity index (χ3n) is 3.23. The average Bonchev–Trinajstić information content (AvgIpc) is 2.36. The van der Waals surface area contributed by atoms with Crippen molar-refractivity contribution in [1.29, 1.82) is 0 Å². The zero-order valence-corrected chi connectivity index (χ0v) is 10.0. The van der Waals surface area contributed by atoms with Gasteiger partial charge < -0.3 is 15.8 Å². The third kappa shape index (κ3) is 2.77. The topological polar surface area (TPSA) is 64.3 Å². The van der Waals surface area contributed by atoms with Crippen LogP contribution in [-0.4, -0.2) is 19.1 Å². The fourth-order valence-corrected chi connectivity index (χ4v) is 1.98. The second-order valence-corrected chi connectivity index (χ2v) is 4.40. The molecule has 4 nitrogen and oxygen atoms in total. The molecular weight excluding hydrogens is 216 g/mol. The molecule has 0 spiro atoms. The Bertz CT molecular complexity index is 412. The molecule has 1 aliphatic heterocycles. The third-order valence-corrected chi connectivity index (χ3v) is 3.23. The number of ether oxygens (including phenoxy) is 1. The number of carbonyl (C=O) groups excluding carboxylic acids is 1. The van der Waals surface area contributed by atoms with Crippen LogP contribution in [0.2, 0.25) is 0 Å². The Labute approximate surface area is 101 Å². The van der Waals surface area contributed by atoms with E-state index in [-0.39, 0.29) is 11.8 Å². The number of hydrogen-bond donors (Lipinski definition) is 2. The molecule has 1 aliphatic rings. The number of hydrogen-bond acceptors (Lipinski definition) is 3. The summed E-state index contributed by atoms with van der Waals surface area (Å²) < 4.78 is 5.24. The minimum Gasteiger partial charge on any atom is -0.398 e. The van der Waals surface area contributed by atoms with Crippen LogP contribution in [0.1, 0.15) is 18.4 Å². The number of nitrogens with two attached hydrogens (primary N) is 1. The molecular formula is C13H18N2O2. The molecule has 1 aromatic carbocycles. The van der Waals surface area contributed by atoms with Gasteiger partial charge in [0, 0.05) is 30.5 Å². The van der Waals surface area contributed by atoms with E-state index in [2.05, 4.69) is 5.32 Å². The van der Waals surface area contributed by atoms with Crippen molar-refractivity contribution >= 4 is 17.3 Å². The summed E-state index contributed by atoms with van der Waals surface area (Å²) in [5.74, 6) is 0.131. The van der Waals surface area contributed by atoms with Crippen molar-refractivity contribution in [3.63, 3.8) is 0 Å². The highest BCUT2D eigenvalue weighted by Gasteiger charge is 2.21. The maximum Gasteiger partial charge on any atom is 0.227 e. The Kier molecular flexibility index (Phi) is 3.64. The van der Waals surface area contributed by atoms with Crippen LogP contribution < -0.4 is 11.1 Å². The quantitative estimate of drug-likeness (QED) is 0.769. The number of rotatable bonds is 2. The fraction of sp³-hybridized carbons (Fsp3) is 0.462. The molecule has 1 aromatic rings. The van der Waals surface area contributed by atoms with Gasteiger partial charge in [0.15, 0.2) is 0 Å². The lowest BCUT2D eigenvalue weighted by Crippen LogP contribution is -2.28. The van der Waals surface area contributed by atoms with Crippen LogP contribution in [-0.2, 0) is 9.53 Å². The molecule has 0 radical (unpaired) electrons. The van der Waals surface area contributed by atoms with Crippen molar-refractivity contribution in [1.82, 2.24) is 0 Å². The maximum absolute atomic E-state index is 12.0. The van der Waals surface area contributed by atoms with Gasteiger partial charge in [-0.25, -0.2) is 0 Å². The van der Waals surface area contributed by atoms with E-state index in [0.717, 1.165) is 24.1 Å². The Morgan fingerprint density at radius 2 is 2.12 bits per heavy atom. The molecule has 0 bridgehead atoms. The number of amides is 1. The summed E-state index contributed by atoms with van der Waals surface area (Å²) in [5.41, 5.74) is 8.24. The van der Waals surface area contributed by atoms with E-state index < -0.39 is 0 Å². The minimum absolute atomic E-state index is 0.0598. The van der Waals surface area contributed by atoms with Crippen LogP contribution in [0.3, 0.4) is 0 Å². The molecule has 0 unspecified atom stereocenters. The highest BCUT2D eigenvalue weighted by Crippen LogP contribution is 2.23. The standard InChI is InChI=1S/C13H18N2O2/c1-9-11(14)3-2-4-12(9)15-13(16)10-5-7-17-8-6-10/h2-4,10H,5-8,14H2,1H3,(H,15,16). The van der Waals surface area contributed by atoms with Crippen molar-refractivity contribution in [2.24, 2.45) is 5.92 Å². The Morgan fingerprint density at radius 1 is 1.41 bits per heavy atom. The predicted molar refractivity (Wildman–Crippen MR) is 67.8 cm³/mol. The van der Waals surface area contributed by atoms with Crippen LogP contribution >= 0.6 is 0 Å². The van der Waals surface area contributed by atoms with Crippen molar-refractivity contribution < 1.29 is 9.53 Å². The van der Waals surface area contributed by atoms with Gasteiger partial charge in [-0.05, 0) is 37.5 Å². The Balaban J connectivity index is 2.04. The highest BCUT2D eigenvalue weighted by molar-refractivity contribution is 5.94. The molecule has 92 valence electrons. The summed E-state index contributed by atoms with van der Waals surface area (Å²) in [4.78, 5) is 12.0. The van der Waals surface area contributed by atoms with Gasteiger partial charge in [-0.15, -0.1) is 0 Å². The van der Waals surface area contributed by atoms with Crippen molar-refractivity contribution in [2.75, 3.05) is 24.3 Å². The molecule has 1 amide bonds. The van der Waals surface area contributed by atoms with E-state index in [0.29, 0.717) is 18.9 Å². The zero-order valence-electron chi connectivity index (χ0n) is 10.0. The van der Waals surface area contributed by atoms with Crippen LogP contribution in [0.4, 0.5) is 11.4 Å². The van der Waals surface area contributed by atoms with Gasteiger partial charge in [-0.3, -0.25) is 4.79 Å². The van der Waals surface area contributed by atoms with E-state index in [1.165, 1.54) is 0 Å². The van der Waals surface area contributed by atoms with E-state index in [1.807, 2.05) is 25.1 Å². The second kappa shape index (κ2) is 5.19. The summed E-state index contributed by atoms with van der Waals surface area (Å²) in [5, 5.41) is 2.95. The first-order chi connectivity index (χ1) is 8.18. The molecule has 4 heteroatoms. The number of nitrogens with one attached hydrogen (secondary N) is 1. The lowest BCUT2D eigenvalue weighted by molar-refractivity contribution is -0.122.